The number of hydrazine groups is 1. The molecule has 0 spiro atoms. The molecule has 432 valence electrons. The quantitative estimate of drug-likeness (QED) is 0.0732. The van der Waals surface area contributed by atoms with Crippen LogP contribution in [0.5, 0.6) is 0 Å². The fourth-order valence-electron chi connectivity index (χ4n) is 13.1. The van der Waals surface area contributed by atoms with Gasteiger partial charge in [0.1, 0.15) is 12.3 Å². The molecule has 14 heteroatoms. The third-order valence-electron chi connectivity index (χ3n) is 18.0. The van der Waals surface area contributed by atoms with E-state index in [1.165, 1.54) is 70.0 Å². The number of aldehydes is 1. The molecule has 5 aliphatic rings. The molecule has 2 amide bonds. The molecule has 0 radical (unpaired) electrons. The molecule has 4 unspecified atom stereocenters. The number of hydrogen-bond donors (Lipinski definition) is 2. The van der Waals surface area contributed by atoms with Crippen molar-refractivity contribution in [2.45, 2.75) is 170 Å². The molecule has 2 N–H and O–H groups in total. The van der Waals surface area contributed by atoms with Gasteiger partial charge in [-0.2, -0.15) is 0 Å². The zero-order chi connectivity index (χ0) is 56.4. The van der Waals surface area contributed by atoms with Crippen LogP contribution < -0.4 is 20.5 Å². The van der Waals surface area contributed by atoms with E-state index in [1.54, 1.807) is 12.1 Å². The number of ether oxygens (including phenoxy) is 1. The van der Waals surface area contributed by atoms with Crippen molar-refractivity contribution in [3.63, 3.8) is 0 Å². The highest BCUT2D eigenvalue weighted by atomic mass is 16.5. The molecule has 4 aromatic rings. The highest BCUT2D eigenvalue weighted by Crippen LogP contribution is 2.44. The van der Waals surface area contributed by atoms with Crippen molar-refractivity contribution < 1.29 is 19.1 Å². The first-order valence-electron chi connectivity index (χ1n) is 30.5. The summed E-state index contributed by atoms with van der Waals surface area (Å²) in [6.07, 6.45) is 15.7. The highest BCUT2D eigenvalue weighted by molar-refractivity contribution is 5.95. The zero-order valence-electron chi connectivity index (χ0n) is 50.3. The van der Waals surface area contributed by atoms with E-state index in [2.05, 4.69) is 169 Å². The van der Waals surface area contributed by atoms with Gasteiger partial charge in [0.15, 0.2) is 0 Å². The lowest BCUT2D eigenvalue weighted by molar-refractivity contribution is -0.142. The number of nitrogens with one attached hydrogen (secondary N) is 2. The first kappa shape index (κ1) is 60.0. The summed E-state index contributed by atoms with van der Waals surface area (Å²) in [5.74, 6) is -0.0404. The van der Waals surface area contributed by atoms with E-state index in [9.17, 15) is 4.79 Å². The van der Waals surface area contributed by atoms with Gasteiger partial charge in [-0.25, -0.2) is 5.43 Å². The lowest BCUT2D eigenvalue weighted by Crippen LogP contribution is -2.64. The minimum atomic E-state index is -0.699. The van der Waals surface area contributed by atoms with E-state index in [-0.39, 0.29) is 40.8 Å². The number of piperazine rings is 1. The highest BCUT2D eigenvalue weighted by Gasteiger charge is 2.46. The van der Waals surface area contributed by atoms with E-state index in [0.717, 1.165) is 135 Å². The van der Waals surface area contributed by atoms with Crippen molar-refractivity contribution in [1.29, 1.82) is 0 Å². The van der Waals surface area contributed by atoms with Gasteiger partial charge in [0.2, 0.25) is 5.91 Å². The average Bonchev–Trinajstić information content (AvgIpc) is 4.41. The summed E-state index contributed by atoms with van der Waals surface area (Å²) in [5.41, 5.74) is 14.1. The normalized spacial score (nSPS) is 20.9. The molecule has 2 aromatic carbocycles. The first-order valence-corrected chi connectivity index (χ1v) is 30.5. The maximum absolute atomic E-state index is 15.1. The molecular formula is C65H98N10O4. The smallest absolute Gasteiger partial charge is 0.260 e. The van der Waals surface area contributed by atoms with Crippen LogP contribution in [0.2, 0.25) is 0 Å². The molecular weight excluding hydrogens is 985 g/mol. The van der Waals surface area contributed by atoms with E-state index >= 15 is 4.79 Å². The second-order valence-corrected chi connectivity index (χ2v) is 24.7. The minimum absolute atomic E-state index is 0.0443. The summed E-state index contributed by atoms with van der Waals surface area (Å²) in [5, 5.41) is 6.53. The van der Waals surface area contributed by atoms with Crippen molar-refractivity contribution >= 4 is 46.0 Å². The number of aromatic nitrogens is 2. The number of likely N-dealkylation sites (tertiary alicyclic amines) is 1. The number of benzene rings is 2. The van der Waals surface area contributed by atoms with Crippen molar-refractivity contribution in [3.05, 3.63) is 83.7 Å². The van der Waals surface area contributed by atoms with Crippen LogP contribution in [-0.2, 0) is 32.1 Å². The van der Waals surface area contributed by atoms with Gasteiger partial charge in [-0.15, -0.1) is 0 Å². The average molecular weight is 1080 g/mol. The van der Waals surface area contributed by atoms with Crippen molar-refractivity contribution in [3.8, 4) is 11.3 Å². The maximum Gasteiger partial charge on any atom is 0.260 e. The number of fused-ring (bicyclic) bond motifs is 1. The van der Waals surface area contributed by atoms with Crippen LogP contribution in [-0.4, -0.2) is 157 Å². The van der Waals surface area contributed by atoms with Gasteiger partial charge < -0.3 is 29.2 Å². The van der Waals surface area contributed by atoms with E-state index in [1.807, 2.05) is 0 Å². The van der Waals surface area contributed by atoms with Crippen LogP contribution in [0.15, 0.2) is 66.9 Å². The number of pyridine rings is 1. The Morgan fingerprint density at radius 1 is 0.962 bits per heavy atom. The number of carbonyl (C=O) groups is 3. The largest absolute Gasteiger partial charge is 0.375 e. The Labute approximate surface area is 474 Å². The number of anilines is 2. The summed E-state index contributed by atoms with van der Waals surface area (Å²) in [6, 6.07) is 20.0. The summed E-state index contributed by atoms with van der Waals surface area (Å²) >= 11 is 0. The Balaban J connectivity index is 0.00000268. The Morgan fingerprint density at radius 3 is 2.35 bits per heavy atom. The Hall–Kier alpha value is -5.12. The van der Waals surface area contributed by atoms with Crippen LogP contribution in [0.4, 0.5) is 11.4 Å². The van der Waals surface area contributed by atoms with Gasteiger partial charge >= 0.3 is 0 Å². The fourth-order valence-corrected chi connectivity index (χ4v) is 13.1. The molecule has 1 saturated carbocycles. The van der Waals surface area contributed by atoms with Crippen LogP contribution in [0.1, 0.15) is 150 Å². The van der Waals surface area contributed by atoms with Crippen molar-refractivity contribution in [2.24, 2.45) is 11.3 Å². The molecule has 1 aliphatic carbocycles. The number of rotatable bonds is 22. The van der Waals surface area contributed by atoms with Crippen LogP contribution in [0, 0.1) is 11.3 Å². The summed E-state index contributed by atoms with van der Waals surface area (Å²) in [7, 11) is 1.79. The lowest BCUT2D eigenvalue weighted by atomic mass is 9.81. The van der Waals surface area contributed by atoms with E-state index in [4.69, 9.17) is 14.5 Å². The van der Waals surface area contributed by atoms with Gasteiger partial charge in [0.25, 0.3) is 5.91 Å². The molecule has 9 rings (SSSR count). The fraction of sp³-hybridized carbons (Fsp3) is 0.631. The number of para-hydroxylation sites is 1. The summed E-state index contributed by atoms with van der Waals surface area (Å²) < 4.78 is 8.61. The van der Waals surface area contributed by atoms with Gasteiger partial charge in [-0.05, 0) is 150 Å². The number of nitrogens with zero attached hydrogens (tertiary/aromatic N) is 8. The molecule has 0 bridgehead atoms. The minimum Gasteiger partial charge on any atom is -0.375 e. The van der Waals surface area contributed by atoms with Crippen LogP contribution >= 0.6 is 0 Å². The number of methoxy groups -OCH3 is 1. The Kier molecular flexibility index (Phi) is 20.6. The second-order valence-electron chi connectivity index (χ2n) is 24.7. The third-order valence-corrected chi connectivity index (χ3v) is 18.0. The summed E-state index contributed by atoms with van der Waals surface area (Å²) in [6.45, 7) is 32.9. The second kappa shape index (κ2) is 27.1. The number of aryl methyl sites for hydroxylation is 1. The Morgan fingerprint density at radius 2 is 1.71 bits per heavy atom. The molecule has 4 aliphatic heterocycles. The van der Waals surface area contributed by atoms with Gasteiger partial charge in [0, 0.05) is 119 Å². The van der Waals surface area contributed by atoms with Crippen LogP contribution in [0.25, 0.3) is 27.7 Å². The van der Waals surface area contributed by atoms with Gasteiger partial charge in [0.05, 0.1) is 35.4 Å². The van der Waals surface area contributed by atoms with Crippen molar-refractivity contribution in [1.82, 2.24) is 40.0 Å². The van der Waals surface area contributed by atoms with Crippen LogP contribution in [0.3, 0.4) is 0 Å². The number of hydrogen-bond acceptors (Lipinski definition) is 11. The van der Waals surface area contributed by atoms with Gasteiger partial charge in [-0.3, -0.25) is 34.3 Å². The number of carbonyl (C=O) groups excluding carboxylic acids is 3. The Bertz CT molecular complexity index is 2680. The maximum atomic E-state index is 15.1. The van der Waals surface area contributed by atoms with Gasteiger partial charge in [-0.1, -0.05) is 78.3 Å². The first-order chi connectivity index (χ1) is 38.1. The molecule has 4 fully saturated rings. The number of amides is 2. The lowest BCUT2D eigenvalue weighted by Gasteiger charge is -2.45. The van der Waals surface area contributed by atoms with Crippen molar-refractivity contribution in [2.75, 3.05) is 95.4 Å². The molecule has 4 atom stereocenters. The summed E-state index contributed by atoms with van der Waals surface area (Å²) in [4.78, 5) is 56.5. The molecule has 14 nitrogen and oxygen atoms in total. The third kappa shape index (κ3) is 14.1. The SMILES string of the molecule is CC=O.CCCN(CC1(C)CCCN1C(C(=O)NC(CN1CCC=C(c2ccc3c(c2)c(CC(C)(C)CC)c(-c2cc(N4CCN(C5CC5)CC4)cnc2C(C)OC)n3CC)C1)C(=O)N1CCCCN1)C(C)C)c1ccccc1. The predicted octanol–water partition coefficient (Wildman–Crippen LogP) is 10.4. The zero-order valence-corrected chi connectivity index (χ0v) is 50.3. The molecule has 2 aromatic heterocycles. The monoisotopic (exact) mass is 1080 g/mol. The standard InChI is InChI=1S/C63H94N10O3.C2H4O/c1-11-30-70(49-22-15-14-16-23-49)44-63(9)28-20-32-72(63)58(45(4)5)60(74)66-55(61(75)73-33-18-17-29-65-73)43-67-31-19-21-48(42-67)47-24-27-56-52(38-47)54(40-62(7,8)12-2)59(71(56)13-3)53-39-51(41-64-57(53)46(6)76-10)69-36-34-68(35-37-69)50-25-26-50;1-2-3/h14-16,21-24,27,38-39,41,45-46,50,55,58,65H,11-13,17-20,25-26,28-37,40,42-44H2,1-10H3,(H,66,74);2H,1H3. The topological polar surface area (TPSA) is 122 Å². The predicted molar refractivity (Wildman–Crippen MR) is 324 cm³/mol. The molecule has 6 heterocycles. The molecule has 3 saturated heterocycles. The van der Waals surface area contributed by atoms with E-state index in [0.29, 0.717) is 19.6 Å². The molecule has 79 heavy (non-hydrogen) atoms. The van der Waals surface area contributed by atoms with E-state index < -0.39 is 6.04 Å².